The van der Waals surface area contributed by atoms with Crippen LogP contribution in [0.2, 0.25) is 0 Å². The normalized spacial score (nSPS) is 11.1. The summed E-state index contributed by atoms with van der Waals surface area (Å²) in [7, 11) is 0. The van der Waals surface area contributed by atoms with Crippen molar-refractivity contribution in [2.24, 2.45) is 0 Å². The van der Waals surface area contributed by atoms with E-state index in [0.29, 0.717) is 9.13 Å². The van der Waals surface area contributed by atoms with Gasteiger partial charge in [0.15, 0.2) is 0 Å². The third-order valence-electron chi connectivity index (χ3n) is 1.66. The molecule has 74 valence electrons. The minimum atomic E-state index is -4.93. The maximum atomic E-state index is 12.4. The first kappa shape index (κ1) is 11.4. The summed E-state index contributed by atoms with van der Waals surface area (Å²) >= 11 is 1.85. The summed E-state index contributed by atoms with van der Waals surface area (Å²) in [4.78, 5) is 0. The fourth-order valence-electron chi connectivity index (χ4n) is 1.08. The largest absolute Gasteiger partial charge is 0.509 e. The second kappa shape index (κ2) is 4.26. The molecule has 0 fully saturated rings. The summed E-state index contributed by atoms with van der Waals surface area (Å²) < 4.78 is 37.7. The quantitative estimate of drug-likeness (QED) is 0.447. The molecule has 0 aliphatic heterocycles. The van der Waals surface area contributed by atoms with Crippen molar-refractivity contribution in [3.63, 3.8) is 0 Å². The molecule has 1 rings (SSSR count). The maximum absolute atomic E-state index is 12.4. The molecule has 1 aromatic carbocycles. The Hall–Kier alpha value is -0.635. The lowest BCUT2D eigenvalue weighted by molar-refractivity contribution is 0.501. The van der Waals surface area contributed by atoms with Crippen molar-refractivity contribution in [2.75, 3.05) is 0 Å². The van der Waals surface area contributed by atoms with E-state index in [1.807, 2.05) is 22.6 Å². The number of hydrogen-bond acceptors (Lipinski definition) is 0. The Morgan fingerprint density at radius 1 is 1.29 bits per heavy atom. The first-order chi connectivity index (χ1) is 6.43. The van der Waals surface area contributed by atoms with Crippen LogP contribution in [-0.4, -0.2) is 6.98 Å². The van der Waals surface area contributed by atoms with Crippen LogP contribution in [0.5, 0.6) is 0 Å². The van der Waals surface area contributed by atoms with Crippen molar-refractivity contribution < 1.29 is 12.9 Å². The van der Waals surface area contributed by atoms with Gasteiger partial charge >= 0.3 is 6.98 Å². The summed E-state index contributed by atoms with van der Waals surface area (Å²) in [6.07, 6.45) is 5.27. The van der Waals surface area contributed by atoms with Gasteiger partial charge in [0.2, 0.25) is 0 Å². The number of rotatable bonds is 2. The van der Waals surface area contributed by atoms with Gasteiger partial charge in [-0.15, -0.1) is 17.8 Å². The molecule has 0 saturated carbocycles. The fraction of sp³-hybridized carbons (Fsp3) is 0.111. The van der Waals surface area contributed by atoms with Crippen molar-refractivity contribution >= 4 is 35.0 Å². The Kier molecular flexibility index (Phi) is 3.48. The lowest BCUT2D eigenvalue weighted by Gasteiger charge is -2.16. The highest BCUT2D eigenvalue weighted by atomic mass is 127. The van der Waals surface area contributed by atoms with E-state index >= 15 is 0 Å². The smallest absolute Gasteiger partial charge is 0.445 e. The van der Waals surface area contributed by atoms with Crippen molar-refractivity contribution in [1.82, 2.24) is 0 Å². The monoisotopic (exact) mass is 309 g/mol. The summed E-state index contributed by atoms with van der Waals surface area (Å²) in [5.41, 5.74) is -0.0456. The molecular formula is C9H6BF3I-. The Balaban J connectivity index is 3.15. The fourth-order valence-corrected chi connectivity index (χ4v) is 1.84. The van der Waals surface area contributed by atoms with Crippen molar-refractivity contribution in [2.45, 2.75) is 6.42 Å². The third kappa shape index (κ3) is 2.94. The Morgan fingerprint density at radius 2 is 1.93 bits per heavy atom. The molecule has 0 bridgehead atoms. The van der Waals surface area contributed by atoms with Crippen LogP contribution in [0.15, 0.2) is 18.2 Å². The van der Waals surface area contributed by atoms with Crippen molar-refractivity contribution in [1.29, 1.82) is 0 Å². The molecule has 0 radical (unpaired) electrons. The van der Waals surface area contributed by atoms with Crippen LogP contribution < -0.4 is 5.46 Å². The lowest BCUT2D eigenvalue weighted by Crippen LogP contribution is -2.34. The zero-order valence-electron chi connectivity index (χ0n) is 7.11. The van der Waals surface area contributed by atoms with Crippen LogP contribution in [0.1, 0.15) is 5.56 Å². The predicted molar refractivity (Wildman–Crippen MR) is 60.4 cm³/mol. The van der Waals surface area contributed by atoms with E-state index in [0.717, 1.165) is 12.1 Å². The van der Waals surface area contributed by atoms with E-state index in [4.69, 9.17) is 6.42 Å². The molecule has 5 heteroatoms. The summed E-state index contributed by atoms with van der Waals surface area (Å²) in [5, 5.41) is 0. The second-order valence-electron chi connectivity index (χ2n) is 2.85. The van der Waals surface area contributed by atoms with Gasteiger partial charge in [-0.05, 0) is 34.2 Å². The van der Waals surface area contributed by atoms with E-state index in [9.17, 15) is 12.9 Å². The number of hydrogen-bond donors (Lipinski definition) is 0. The van der Waals surface area contributed by atoms with E-state index < -0.39 is 12.4 Å². The molecule has 0 unspecified atom stereocenters. The van der Waals surface area contributed by atoms with Gasteiger partial charge in [-0.2, -0.15) is 0 Å². The summed E-state index contributed by atoms with van der Waals surface area (Å²) in [5.74, 6) is 2.33. The molecule has 0 amide bonds. The van der Waals surface area contributed by atoms with E-state index in [-0.39, 0.29) is 6.42 Å². The maximum Gasteiger partial charge on any atom is 0.509 e. The number of halogens is 4. The highest BCUT2D eigenvalue weighted by molar-refractivity contribution is 14.1. The van der Waals surface area contributed by atoms with Gasteiger partial charge in [0.25, 0.3) is 0 Å². The van der Waals surface area contributed by atoms with Gasteiger partial charge in [0.1, 0.15) is 0 Å². The predicted octanol–water partition coefficient (Wildman–Crippen LogP) is 2.52. The Morgan fingerprint density at radius 3 is 2.43 bits per heavy atom. The SMILES string of the molecule is C#CCc1cc(I)cc([B-](F)(F)F)c1. The minimum Gasteiger partial charge on any atom is -0.445 e. The van der Waals surface area contributed by atoms with Crippen molar-refractivity contribution in [3.8, 4) is 12.3 Å². The van der Waals surface area contributed by atoms with Crippen LogP contribution in [0.4, 0.5) is 12.9 Å². The molecule has 0 aromatic heterocycles. The second-order valence-corrected chi connectivity index (χ2v) is 4.09. The van der Waals surface area contributed by atoms with Crippen LogP contribution in [0, 0.1) is 15.9 Å². The topological polar surface area (TPSA) is 0 Å². The van der Waals surface area contributed by atoms with Gasteiger partial charge < -0.3 is 12.9 Å². The van der Waals surface area contributed by atoms with E-state index in [1.54, 1.807) is 6.07 Å². The van der Waals surface area contributed by atoms with Crippen LogP contribution in [0.3, 0.4) is 0 Å². The first-order valence-electron chi connectivity index (χ1n) is 3.86. The highest BCUT2D eigenvalue weighted by Crippen LogP contribution is 2.14. The van der Waals surface area contributed by atoms with Gasteiger partial charge in [-0.25, -0.2) is 0 Å². The van der Waals surface area contributed by atoms with Crippen molar-refractivity contribution in [3.05, 3.63) is 27.3 Å². The molecule has 0 nitrogen and oxygen atoms in total. The molecule has 0 atom stereocenters. The average Bonchev–Trinajstić information content (AvgIpc) is 2.02. The Bertz CT molecular complexity index is 379. The zero-order valence-corrected chi connectivity index (χ0v) is 9.26. The molecule has 1 aromatic rings. The molecule has 0 N–H and O–H groups in total. The standard InChI is InChI=1S/C9H6BF3I/c1-2-3-7-4-8(10(11,12)13)6-9(14)5-7/h1,4-6H,3H2/q-1. The van der Waals surface area contributed by atoms with Gasteiger partial charge in [0, 0.05) is 9.99 Å². The van der Waals surface area contributed by atoms with Gasteiger partial charge in [0.05, 0.1) is 0 Å². The molecule has 14 heavy (non-hydrogen) atoms. The highest BCUT2D eigenvalue weighted by Gasteiger charge is 2.25. The summed E-state index contributed by atoms with van der Waals surface area (Å²) in [6.45, 7) is -4.93. The average molecular weight is 309 g/mol. The van der Waals surface area contributed by atoms with Crippen LogP contribution in [0.25, 0.3) is 0 Å². The van der Waals surface area contributed by atoms with E-state index in [2.05, 4.69) is 5.92 Å². The minimum absolute atomic E-state index is 0.232. The van der Waals surface area contributed by atoms with Crippen LogP contribution in [-0.2, 0) is 6.42 Å². The molecule has 0 saturated heterocycles. The first-order valence-corrected chi connectivity index (χ1v) is 4.94. The molecule has 0 aliphatic carbocycles. The van der Waals surface area contributed by atoms with E-state index in [1.165, 1.54) is 0 Å². The molecule has 0 heterocycles. The zero-order chi connectivity index (χ0) is 10.8. The van der Waals surface area contributed by atoms with Gasteiger partial charge in [-0.1, -0.05) is 12.1 Å². The number of terminal acetylenes is 1. The lowest BCUT2D eigenvalue weighted by atomic mass is 9.79. The molecular weight excluding hydrogens is 303 g/mol. The molecule has 0 aliphatic rings. The summed E-state index contributed by atoms with van der Waals surface area (Å²) in [6, 6.07) is 3.90. The van der Waals surface area contributed by atoms with Crippen LogP contribution >= 0.6 is 22.6 Å². The van der Waals surface area contributed by atoms with Gasteiger partial charge in [-0.3, -0.25) is 0 Å². The third-order valence-corrected chi connectivity index (χ3v) is 2.29. The molecule has 0 spiro atoms. The number of benzene rings is 1. The Labute approximate surface area is 94.1 Å².